The summed E-state index contributed by atoms with van der Waals surface area (Å²) in [6, 6.07) is 11.9. The molecule has 112 valence electrons. The largest absolute Gasteiger partial charge is 0.461 e. The molecular weight excluding hydrogens is 294 g/mol. The van der Waals surface area contributed by atoms with Crippen molar-refractivity contribution in [1.82, 2.24) is 4.98 Å². The minimum Gasteiger partial charge on any atom is -0.461 e. The van der Waals surface area contributed by atoms with Crippen molar-refractivity contribution in [2.75, 3.05) is 6.61 Å². The van der Waals surface area contributed by atoms with Gasteiger partial charge in [-0.2, -0.15) is 0 Å². The van der Waals surface area contributed by atoms with Gasteiger partial charge in [0, 0.05) is 10.3 Å². The van der Waals surface area contributed by atoms with E-state index < -0.39 is 0 Å². The summed E-state index contributed by atoms with van der Waals surface area (Å²) in [4.78, 5) is 18.7. The number of carbonyl (C=O) groups is 1. The Morgan fingerprint density at radius 3 is 2.64 bits per heavy atom. The average Bonchev–Trinajstić information content (AvgIpc) is 2.82. The zero-order valence-corrected chi connectivity index (χ0v) is 13.7. The zero-order chi connectivity index (χ0) is 15.7. The lowest BCUT2D eigenvalue weighted by molar-refractivity contribution is 0.0520. The fraction of sp³-hybridized carbons (Fsp3) is 0.222. The lowest BCUT2D eigenvalue weighted by Gasteiger charge is -2.08. The molecule has 0 aliphatic rings. The van der Waals surface area contributed by atoms with E-state index in [4.69, 9.17) is 4.74 Å². The van der Waals surface area contributed by atoms with E-state index in [0.717, 1.165) is 21.3 Å². The molecule has 3 nitrogen and oxygen atoms in total. The molecule has 0 saturated heterocycles. The van der Waals surface area contributed by atoms with Crippen molar-refractivity contribution in [2.45, 2.75) is 20.8 Å². The molecule has 0 aliphatic heterocycles. The van der Waals surface area contributed by atoms with Crippen molar-refractivity contribution in [3.63, 3.8) is 0 Å². The van der Waals surface area contributed by atoms with Crippen LogP contribution in [0.1, 0.15) is 27.9 Å². The summed E-state index contributed by atoms with van der Waals surface area (Å²) in [6.45, 7) is 6.34. The number of aromatic nitrogens is 1. The third-order valence-electron chi connectivity index (χ3n) is 3.71. The molecular formula is C18H17NO2S. The SMILES string of the molecule is CCOC(=O)c1cc(-c2ccccc2)c2c(C)c(C)sc2n1. The van der Waals surface area contributed by atoms with E-state index in [9.17, 15) is 4.79 Å². The molecule has 0 amide bonds. The number of hydrogen-bond donors (Lipinski definition) is 0. The van der Waals surface area contributed by atoms with Crippen LogP contribution in [0.2, 0.25) is 0 Å². The molecule has 0 unspecified atom stereocenters. The van der Waals surface area contributed by atoms with Gasteiger partial charge in [-0.15, -0.1) is 11.3 Å². The molecule has 0 bridgehead atoms. The maximum Gasteiger partial charge on any atom is 0.356 e. The number of thiophene rings is 1. The van der Waals surface area contributed by atoms with Gasteiger partial charge in [0.1, 0.15) is 4.83 Å². The molecule has 1 aromatic carbocycles. The monoisotopic (exact) mass is 311 g/mol. The summed E-state index contributed by atoms with van der Waals surface area (Å²) in [7, 11) is 0. The molecule has 4 heteroatoms. The third kappa shape index (κ3) is 2.50. The van der Waals surface area contributed by atoms with Crippen molar-refractivity contribution in [1.29, 1.82) is 0 Å². The Bertz CT molecular complexity index is 837. The molecule has 3 aromatic rings. The quantitative estimate of drug-likeness (QED) is 0.655. The Balaban J connectivity index is 2.29. The van der Waals surface area contributed by atoms with E-state index in [1.165, 1.54) is 10.4 Å². The highest BCUT2D eigenvalue weighted by molar-refractivity contribution is 7.18. The van der Waals surface area contributed by atoms with Gasteiger partial charge in [0.2, 0.25) is 0 Å². The Kier molecular flexibility index (Phi) is 3.94. The summed E-state index contributed by atoms with van der Waals surface area (Å²) in [6.07, 6.45) is 0. The van der Waals surface area contributed by atoms with E-state index >= 15 is 0 Å². The smallest absolute Gasteiger partial charge is 0.356 e. The first kappa shape index (κ1) is 14.7. The highest BCUT2D eigenvalue weighted by Gasteiger charge is 2.18. The van der Waals surface area contributed by atoms with Crippen LogP contribution in [-0.2, 0) is 4.74 Å². The van der Waals surface area contributed by atoms with Gasteiger partial charge in [0.25, 0.3) is 0 Å². The zero-order valence-electron chi connectivity index (χ0n) is 12.8. The normalized spacial score (nSPS) is 10.9. The van der Waals surface area contributed by atoms with E-state index in [2.05, 4.69) is 31.0 Å². The number of carbonyl (C=O) groups excluding carboxylic acids is 1. The second-order valence-corrected chi connectivity index (χ2v) is 6.31. The lowest BCUT2D eigenvalue weighted by atomic mass is 10.00. The lowest BCUT2D eigenvalue weighted by Crippen LogP contribution is -2.07. The number of esters is 1. The summed E-state index contributed by atoms with van der Waals surface area (Å²) in [5.74, 6) is -0.370. The number of hydrogen-bond acceptors (Lipinski definition) is 4. The first-order valence-electron chi connectivity index (χ1n) is 7.25. The van der Waals surface area contributed by atoms with E-state index in [1.54, 1.807) is 18.3 Å². The minimum atomic E-state index is -0.370. The number of pyridine rings is 1. The van der Waals surface area contributed by atoms with Gasteiger partial charge in [0.15, 0.2) is 5.69 Å². The molecule has 0 radical (unpaired) electrons. The maximum absolute atomic E-state index is 12.1. The molecule has 2 aromatic heterocycles. The fourth-order valence-corrected chi connectivity index (χ4v) is 3.56. The predicted molar refractivity (Wildman–Crippen MR) is 90.5 cm³/mol. The number of rotatable bonds is 3. The Morgan fingerprint density at radius 1 is 1.23 bits per heavy atom. The topological polar surface area (TPSA) is 39.2 Å². The Hall–Kier alpha value is -2.20. The van der Waals surface area contributed by atoms with Crippen LogP contribution in [0.4, 0.5) is 0 Å². The van der Waals surface area contributed by atoms with Gasteiger partial charge in [-0.3, -0.25) is 0 Å². The van der Waals surface area contributed by atoms with Crippen LogP contribution in [0.5, 0.6) is 0 Å². The summed E-state index contributed by atoms with van der Waals surface area (Å²) < 4.78 is 5.11. The molecule has 0 N–H and O–H groups in total. The standard InChI is InChI=1S/C18H17NO2S/c1-4-21-18(20)15-10-14(13-8-6-5-7-9-13)16-11(2)12(3)22-17(16)19-15/h5-10H,4H2,1-3H3. The molecule has 0 spiro atoms. The predicted octanol–water partition coefficient (Wildman–Crippen LogP) is 4.76. The van der Waals surface area contributed by atoms with E-state index in [0.29, 0.717) is 12.3 Å². The molecule has 0 saturated carbocycles. The molecule has 2 heterocycles. The van der Waals surface area contributed by atoms with Crippen molar-refractivity contribution in [3.8, 4) is 11.1 Å². The van der Waals surface area contributed by atoms with Gasteiger partial charge in [-0.05, 0) is 43.5 Å². The van der Waals surface area contributed by atoms with Crippen LogP contribution >= 0.6 is 11.3 Å². The third-order valence-corrected chi connectivity index (χ3v) is 4.81. The summed E-state index contributed by atoms with van der Waals surface area (Å²) >= 11 is 1.62. The fourth-order valence-electron chi connectivity index (χ4n) is 2.51. The van der Waals surface area contributed by atoms with Crippen LogP contribution in [0, 0.1) is 13.8 Å². The number of nitrogens with zero attached hydrogens (tertiary/aromatic N) is 1. The molecule has 3 rings (SSSR count). The van der Waals surface area contributed by atoms with Gasteiger partial charge in [-0.1, -0.05) is 30.3 Å². The Labute approximate surface area is 133 Å². The van der Waals surface area contributed by atoms with Crippen molar-refractivity contribution in [2.24, 2.45) is 0 Å². The van der Waals surface area contributed by atoms with E-state index in [-0.39, 0.29) is 5.97 Å². The summed E-state index contributed by atoms with van der Waals surface area (Å²) in [5, 5.41) is 1.13. The van der Waals surface area contributed by atoms with Gasteiger partial charge in [0.05, 0.1) is 6.61 Å². The molecule has 0 aliphatic carbocycles. The highest BCUT2D eigenvalue weighted by atomic mass is 32.1. The van der Waals surface area contributed by atoms with E-state index in [1.807, 2.05) is 24.3 Å². The first-order chi connectivity index (χ1) is 10.6. The number of benzene rings is 1. The number of ether oxygens (including phenoxy) is 1. The maximum atomic E-state index is 12.1. The molecule has 22 heavy (non-hydrogen) atoms. The highest BCUT2D eigenvalue weighted by Crippen LogP contribution is 2.37. The van der Waals surface area contributed by atoms with Crippen molar-refractivity contribution < 1.29 is 9.53 Å². The van der Waals surface area contributed by atoms with Crippen molar-refractivity contribution >= 4 is 27.5 Å². The second-order valence-electron chi connectivity index (χ2n) is 5.10. The molecule has 0 fully saturated rings. The minimum absolute atomic E-state index is 0.349. The first-order valence-corrected chi connectivity index (χ1v) is 8.06. The average molecular weight is 311 g/mol. The van der Waals surface area contributed by atoms with Gasteiger partial charge < -0.3 is 4.74 Å². The van der Waals surface area contributed by atoms with Crippen LogP contribution < -0.4 is 0 Å². The van der Waals surface area contributed by atoms with Crippen LogP contribution in [0.3, 0.4) is 0 Å². The Morgan fingerprint density at radius 2 is 1.95 bits per heavy atom. The summed E-state index contributed by atoms with van der Waals surface area (Å²) in [5.41, 5.74) is 3.72. The van der Waals surface area contributed by atoms with Gasteiger partial charge in [-0.25, -0.2) is 9.78 Å². The van der Waals surface area contributed by atoms with Crippen molar-refractivity contribution in [3.05, 3.63) is 52.5 Å². The van der Waals surface area contributed by atoms with Crippen LogP contribution in [-0.4, -0.2) is 17.6 Å². The second kappa shape index (κ2) is 5.89. The van der Waals surface area contributed by atoms with Crippen LogP contribution in [0.25, 0.3) is 21.3 Å². The van der Waals surface area contributed by atoms with Crippen LogP contribution in [0.15, 0.2) is 36.4 Å². The van der Waals surface area contributed by atoms with Gasteiger partial charge >= 0.3 is 5.97 Å². The number of fused-ring (bicyclic) bond motifs is 1. The molecule has 0 atom stereocenters. The number of aryl methyl sites for hydroxylation is 2.